The van der Waals surface area contributed by atoms with Crippen LogP contribution in [0.25, 0.3) is 71.6 Å². The van der Waals surface area contributed by atoms with Crippen LogP contribution in [0, 0.1) is 0 Å². The monoisotopic (exact) mass is 852 g/mol. The lowest BCUT2D eigenvalue weighted by molar-refractivity contribution is 0.768. The minimum atomic E-state index is -0.475. The highest BCUT2D eigenvalue weighted by Crippen LogP contribution is 2.57. The van der Waals surface area contributed by atoms with Gasteiger partial charge in [0.15, 0.2) is 0 Å². The van der Waals surface area contributed by atoms with Crippen LogP contribution in [0.5, 0.6) is 0 Å². The molecule has 1 aliphatic rings. The molecule has 2 nitrogen and oxygen atoms in total. The third kappa shape index (κ3) is 6.11. The standard InChI is InChI=1S/C65H44N2/c1-3-22-48(23-4-1)65(49-24-5-2-6-25-49)60-33-13-9-29-56(60)59-44-52(41-42-61(59)65)66(51-26-17-21-47(43-51)54-32-18-20-45-19-7-8-27-53(45)54)50-39-37-46(38-40-50)55-28-10-14-34-62(55)67-63-35-15-11-30-57(63)58-31-12-16-36-64(58)67/h1-44H. The number of anilines is 3. The predicted molar refractivity (Wildman–Crippen MR) is 281 cm³/mol. The summed E-state index contributed by atoms with van der Waals surface area (Å²) >= 11 is 0. The van der Waals surface area contributed by atoms with E-state index in [-0.39, 0.29) is 0 Å². The van der Waals surface area contributed by atoms with Gasteiger partial charge in [0.1, 0.15) is 0 Å². The molecule has 12 aromatic rings. The van der Waals surface area contributed by atoms with E-state index in [9.17, 15) is 0 Å². The minimum absolute atomic E-state index is 0.475. The Morgan fingerprint density at radius 1 is 0.299 bits per heavy atom. The first kappa shape index (κ1) is 38.7. The molecule has 314 valence electrons. The third-order valence-electron chi connectivity index (χ3n) is 14.1. The van der Waals surface area contributed by atoms with E-state index >= 15 is 0 Å². The summed E-state index contributed by atoms with van der Waals surface area (Å²) in [5.41, 5.74) is 18.7. The maximum Gasteiger partial charge on any atom is 0.0713 e. The van der Waals surface area contributed by atoms with Crippen LogP contribution in [0.3, 0.4) is 0 Å². The van der Waals surface area contributed by atoms with Gasteiger partial charge in [0.2, 0.25) is 0 Å². The van der Waals surface area contributed by atoms with Crippen LogP contribution in [0.2, 0.25) is 0 Å². The fourth-order valence-corrected chi connectivity index (χ4v) is 11.2. The molecule has 0 fully saturated rings. The average molecular weight is 853 g/mol. The first-order valence-corrected chi connectivity index (χ1v) is 23.2. The molecule has 67 heavy (non-hydrogen) atoms. The molecule has 1 aromatic heterocycles. The van der Waals surface area contributed by atoms with Gasteiger partial charge in [-0.2, -0.15) is 0 Å². The lowest BCUT2D eigenvalue weighted by atomic mass is 9.68. The van der Waals surface area contributed by atoms with Crippen LogP contribution >= 0.6 is 0 Å². The Labute approximate surface area is 390 Å². The Morgan fingerprint density at radius 2 is 0.821 bits per heavy atom. The third-order valence-corrected chi connectivity index (χ3v) is 14.1. The molecule has 1 heterocycles. The van der Waals surface area contributed by atoms with Crippen molar-refractivity contribution in [1.82, 2.24) is 4.57 Å². The second kappa shape index (κ2) is 15.8. The van der Waals surface area contributed by atoms with Crippen molar-refractivity contribution in [1.29, 1.82) is 0 Å². The van der Waals surface area contributed by atoms with Crippen LogP contribution in [-0.4, -0.2) is 4.57 Å². The van der Waals surface area contributed by atoms with Crippen molar-refractivity contribution >= 4 is 49.6 Å². The molecule has 2 heteroatoms. The predicted octanol–water partition coefficient (Wildman–Crippen LogP) is 17.1. The van der Waals surface area contributed by atoms with E-state index in [4.69, 9.17) is 0 Å². The lowest BCUT2D eigenvalue weighted by Crippen LogP contribution is -2.28. The van der Waals surface area contributed by atoms with Gasteiger partial charge < -0.3 is 9.47 Å². The Hall–Kier alpha value is -8.72. The van der Waals surface area contributed by atoms with Crippen LogP contribution in [0.1, 0.15) is 22.3 Å². The summed E-state index contributed by atoms with van der Waals surface area (Å²) in [4.78, 5) is 2.44. The zero-order valence-corrected chi connectivity index (χ0v) is 36.8. The van der Waals surface area contributed by atoms with Gasteiger partial charge in [-0.25, -0.2) is 0 Å². The van der Waals surface area contributed by atoms with Gasteiger partial charge in [0, 0.05) is 33.4 Å². The number of aromatic nitrogens is 1. The second-order valence-corrected chi connectivity index (χ2v) is 17.6. The number of rotatable bonds is 8. The van der Waals surface area contributed by atoms with Crippen LogP contribution in [0.15, 0.2) is 267 Å². The summed E-state index contributed by atoms with van der Waals surface area (Å²) in [5, 5.41) is 4.99. The van der Waals surface area contributed by atoms with Gasteiger partial charge in [-0.3, -0.25) is 0 Å². The molecule has 0 unspecified atom stereocenters. The molecule has 1 aliphatic carbocycles. The highest BCUT2D eigenvalue weighted by molar-refractivity contribution is 6.10. The number of benzene rings is 11. The highest BCUT2D eigenvalue weighted by Gasteiger charge is 2.46. The van der Waals surface area contributed by atoms with Crippen molar-refractivity contribution < 1.29 is 0 Å². The van der Waals surface area contributed by atoms with Crippen LogP contribution in [0.4, 0.5) is 17.1 Å². The fraction of sp³-hybridized carbons (Fsp3) is 0.0154. The Bertz CT molecular complexity index is 3710. The van der Waals surface area contributed by atoms with Crippen LogP contribution in [-0.2, 0) is 5.41 Å². The number of nitrogens with zero attached hydrogens (tertiary/aromatic N) is 2. The van der Waals surface area contributed by atoms with Crippen molar-refractivity contribution in [2.75, 3.05) is 4.90 Å². The molecule has 0 aliphatic heterocycles. The average Bonchev–Trinajstić information content (AvgIpc) is 3.90. The summed E-state index contributed by atoms with van der Waals surface area (Å²) in [6.45, 7) is 0. The maximum absolute atomic E-state index is 2.44. The van der Waals surface area contributed by atoms with Gasteiger partial charge in [-0.15, -0.1) is 0 Å². The van der Waals surface area contributed by atoms with E-state index in [0.717, 1.165) is 28.3 Å². The molecule has 11 aromatic carbocycles. The molecule has 0 N–H and O–H groups in total. The summed E-state index contributed by atoms with van der Waals surface area (Å²) in [6, 6.07) is 98.0. The SMILES string of the molecule is c1ccc(C2(c3ccccc3)c3ccccc3-c3cc(N(c4ccc(-c5ccccc5-n5c6ccccc6c6ccccc65)cc4)c4cccc(-c5cccc6ccccc56)c4)ccc32)cc1. The Morgan fingerprint density at radius 3 is 1.55 bits per heavy atom. The molecule has 13 rings (SSSR count). The van der Waals surface area contributed by atoms with Gasteiger partial charge in [-0.05, 0) is 115 Å². The lowest BCUT2D eigenvalue weighted by Gasteiger charge is -2.34. The molecular formula is C65H44N2. The molecular weight excluding hydrogens is 809 g/mol. The second-order valence-electron chi connectivity index (χ2n) is 17.6. The van der Waals surface area contributed by atoms with Crippen LogP contribution < -0.4 is 4.90 Å². The molecule has 0 saturated carbocycles. The van der Waals surface area contributed by atoms with E-state index in [0.29, 0.717) is 0 Å². The number of fused-ring (bicyclic) bond motifs is 7. The summed E-state index contributed by atoms with van der Waals surface area (Å²) in [6.07, 6.45) is 0. The van der Waals surface area contributed by atoms with E-state index in [2.05, 4.69) is 276 Å². The Balaban J connectivity index is 0.997. The molecule has 0 spiro atoms. The summed E-state index contributed by atoms with van der Waals surface area (Å²) in [7, 11) is 0. The van der Waals surface area contributed by atoms with E-state index in [1.165, 1.54) is 82.6 Å². The van der Waals surface area contributed by atoms with Crippen molar-refractivity contribution in [3.05, 3.63) is 289 Å². The van der Waals surface area contributed by atoms with E-state index < -0.39 is 5.41 Å². The summed E-state index contributed by atoms with van der Waals surface area (Å²) in [5.74, 6) is 0. The van der Waals surface area contributed by atoms with Crippen molar-refractivity contribution in [2.24, 2.45) is 0 Å². The molecule has 0 atom stereocenters. The highest BCUT2D eigenvalue weighted by atomic mass is 15.1. The van der Waals surface area contributed by atoms with Crippen molar-refractivity contribution in [3.63, 3.8) is 0 Å². The largest absolute Gasteiger partial charge is 0.310 e. The van der Waals surface area contributed by atoms with E-state index in [1.54, 1.807) is 0 Å². The number of hydrogen-bond donors (Lipinski definition) is 0. The quantitative estimate of drug-likeness (QED) is 0.148. The minimum Gasteiger partial charge on any atom is -0.310 e. The smallest absolute Gasteiger partial charge is 0.0713 e. The van der Waals surface area contributed by atoms with E-state index in [1.807, 2.05) is 0 Å². The zero-order chi connectivity index (χ0) is 44.3. The van der Waals surface area contributed by atoms with Gasteiger partial charge in [0.05, 0.1) is 22.1 Å². The molecule has 0 amide bonds. The number of para-hydroxylation sites is 3. The van der Waals surface area contributed by atoms with Gasteiger partial charge >= 0.3 is 0 Å². The van der Waals surface area contributed by atoms with Crippen molar-refractivity contribution in [2.45, 2.75) is 5.41 Å². The fourth-order valence-electron chi connectivity index (χ4n) is 11.2. The molecule has 0 saturated heterocycles. The topological polar surface area (TPSA) is 8.17 Å². The van der Waals surface area contributed by atoms with Gasteiger partial charge in [-0.1, -0.05) is 212 Å². The molecule has 0 bridgehead atoms. The zero-order valence-electron chi connectivity index (χ0n) is 36.8. The van der Waals surface area contributed by atoms with Gasteiger partial charge in [0.25, 0.3) is 0 Å². The van der Waals surface area contributed by atoms with Crippen molar-refractivity contribution in [3.8, 4) is 39.1 Å². The molecule has 0 radical (unpaired) electrons. The normalized spacial score (nSPS) is 12.6. The number of hydrogen-bond acceptors (Lipinski definition) is 1. The maximum atomic E-state index is 2.44. The first-order valence-electron chi connectivity index (χ1n) is 23.2. The first-order chi connectivity index (χ1) is 33.3. The summed E-state index contributed by atoms with van der Waals surface area (Å²) < 4.78 is 2.42. The Kier molecular flexibility index (Phi) is 9.11.